The highest BCUT2D eigenvalue weighted by molar-refractivity contribution is 5.99. The van der Waals surface area contributed by atoms with Gasteiger partial charge in [-0.3, -0.25) is 4.79 Å². The van der Waals surface area contributed by atoms with Crippen LogP contribution < -0.4 is 5.43 Å². The van der Waals surface area contributed by atoms with Gasteiger partial charge >= 0.3 is 0 Å². The van der Waals surface area contributed by atoms with Crippen molar-refractivity contribution < 1.29 is 9.90 Å². The maximum absolute atomic E-state index is 11.3. The van der Waals surface area contributed by atoms with Gasteiger partial charge < -0.3 is 5.11 Å². The van der Waals surface area contributed by atoms with E-state index in [9.17, 15) is 9.90 Å². The minimum Gasteiger partial charge on any atom is -0.508 e. The molecule has 0 unspecified atom stereocenters. The number of hydrazone groups is 1. The third kappa shape index (κ3) is 2.59. The third-order valence-electron chi connectivity index (χ3n) is 2.55. The van der Waals surface area contributed by atoms with Crippen molar-refractivity contribution in [3.05, 3.63) is 29.8 Å². The van der Waals surface area contributed by atoms with Crippen molar-refractivity contribution in [2.75, 3.05) is 0 Å². The van der Waals surface area contributed by atoms with Gasteiger partial charge in [-0.25, -0.2) is 5.43 Å². The number of phenolic OH excluding ortho intramolecular Hbond substituents is 1. The molecule has 1 saturated carbocycles. The monoisotopic (exact) mass is 218 g/mol. The van der Waals surface area contributed by atoms with Crippen LogP contribution in [0.5, 0.6) is 5.75 Å². The van der Waals surface area contributed by atoms with E-state index in [2.05, 4.69) is 10.5 Å². The van der Waals surface area contributed by atoms with Gasteiger partial charge in [-0.1, -0.05) is 12.1 Å². The Labute approximate surface area is 94.0 Å². The second-order valence-electron chi connectivity index (χ2n) is 4.00. The Morgan fingerprint density at radius 1 is 1.50 bits per heavy atom. The quantitative estimate of drug-likeness (QED) is 0.598. The van der Waals surface area contributed by atoms with E-state index < -0.39 is 0 Å². The average Bonchev–Trinajstić information content (AvgIpc) is 3.09. The molecule has 2 rings (SSSR count). The Kier molecular flexibility index (Phi) is 2.90. The summed E-state index contributed by atoms with van der Waals surface area (Å²) < 4.78 is 0. The molecule has 0 heterocycles. The number of carbonyl (C=O) groups is 1. The van der Waals surface area contributed by atoms with Crippen LogP contribution in [0.15, 0.2) is 29.4 Å². The minimum atomic E-state index is -0.0143. The highest BCUT2D eigenvalue weighted by atomic mass is 16.3. The lowest BCUT2D eigenvalue weighted by molar-refractivity contribution is -0.122. The summed E-state index contributed by atoms with van der Waals surface area (Å²) >= 11 is 0. The van der Waals surface area contributed by atoms with E-state index in [1.807, 2.05) is 6.07 Å². The second-order valence-corrected chi connectivity index (χ2v) is 4.00. The molecule has 2 N–H and O–H groups in total. The van der Waals surface area contributed by atoms with Crippen molar-refractivity contribution >= 4 is 11.6 Å². The molecule has 1 amide bonds. The van der Waals surface area contributed by atoms with Gasteiger partial charge in [0.25, 0.3) is 0 Å². The maximum Gasteiger partial charge on any atom is 0.243 e. The summed E-state index contributed by atoms with van der Waals surface area (Å²) in [6.07, 6.45) is 1.93. The van der Waals surface area contributed by atoms with Crippen molar-refractivity contribution in [3.8, 4) is 5.75 Å². The summed E-state index contributed by atoms with van der Waals surface area (Å²) in [4.78, 5) is 11.3. The van der Waals surface area contributed by atoms with E-state index in [0.717, 1.165) is 18.4 Å². The lowest BCUT2D eigenvalue weighted by Crippen LogP contribution is -2.20. The number of aromatic hydroxyl groups is 1. The molecular formula is C12H14N2O2. The molecule has 1 fully saturated rings. The normalized spacial score (nSPS) is 15.9. The Hall–Kier alpha value is -1.84. The van der Waals surface area contributed by atoms with E-state index in [1.165, 1.54) is 0 Å². The molecule has 1 aliphatic rings. The molecule has 0 aromatic heterocycles. The van der Waals surface area contributed by atoms with Crippen LogP contribution in [0.4, 0.5) is 0 Å². The Bertz CT molecular complexity index is 436. The van der Waals surface area contributed by atoms with Gasteiger partial charge in [-0.2, -0.15) is 5.10 Å². The number of nitrogens with one attached hydrogen (secondary N) is 1. The summed E-state index contributed by atoms with van der Waals surface area (Å²) in [7, 11) is 0. The number of nitrogens with zero attached hydrogens (tertiary/aromatic N) is 1. The molecule has 1 aliphatic carbocycles. The number of hydrogen-bond donors (Lipinski definition) is 2. The Morgan fingerprint density at radius 2 is 2.25 bits per heavy atom. The molecule has 0 saturated heterocycles. The molecule has 84 valence electrons. The predicted molar refractivity (Wildman–Crippen MR) is 61.2 cm³/mol. The highest BCUT2D eigenvalue weighted by Crippen LogP contribution is 2.28. The molecule has 16 heavy (non-hydrogen) atoms. The molecule has 1 aromatic rings. The largest absolute Gasteiger partial charge is 0.508 e. The fourth-order valence-electron chi connectivity index (χ4n) is 1.37. The fourth-order valence-corrected chi connectivity index (χ4v) is 1.37. The smallest absolute Gasteiger partial charge is 0.243 e. The van der Waals surface area contributed by atoms with E-state index in [0.29, 0.717) is 5.71 Å². The number of carbonyl (C=O) groups excluding carboxylic acids is 1. The fraction of sp³-hybridized carbons (Fsp3) is 0.333. The van der Waals surface area contributed by atoms with Crippen molar-refractivity contribution in [2.45, 2.75) is 19.8 Å². The lowest BCUT2D eigenvalue weighted by atomic mass is 10.1. The van der Waals surface area contributed by atoms with Gasteiger partial charge in [0, 0.05) is 11.5 Å². The van der Waals surface area contributed by atoms with Crippen LogP contribution in [0.1, 0.15) is 25.3 Å². The first-order valence-corrected chi connectivity index (χ1v) is 5.30. The van der Waals surface area contributed by atoms with Crippen LogP contribution in [0, 0.1) is 5.92 Å². The van der Waals surface area contributed by atoms with Gasteiger partial charge in [0.2, 0.25) is 5.91 Å². The average molecular weight is 218 g/mol. The first-order valence-electron chi connectivity index (χ1n) is 5.30. The molecule has 0 radical (unpaired) electrons. The molecule has 4 nitrogen and oxygen atoms in total. The second kappa shape index (κ2) is 4.35. The Morgan fingerprint density at radius 3 is 2.88 bits per heavy atom. The highest BCUT2D eigenvalue weighted by Gasteiger charge is 2.29. The van der Waals surface area contributed by atoms with Crippen LogP contribution in [-0.2, 0) is 4.79 Å². The Balaban J connectivity index is 2.02. The van der Waals surface area contributed by atoms with E-state index in [1.54, 1.807) is 25.1 Å². The van der Waals surface area contributed by atoms with Crippen molar-refractivity contribution in [2.24, 2.45) is 11.0 Å². The summed E-state index contributed by atoms with van der Waals surface area (Å²) in [6.45, 7) is 1.79. The number of amides is 1. The van der Waals surface area contributed by atoms with Crippen LogP contribution in [-0.4, -0.2) is 16.7 Å². The third-order valence-corrected chi connectivity index (χ3v) is 2.55. The zero-order valence-electron chi connectivity index (χ0n) is 9.10. The number of benzene rings is 1. The van der Waals surface area contributed by atoms with E-state index >= 15 is 0 Å². The van der Waals surface area contributed by atoms with Crippen molar-refractivity contribution in [3.63, 3.8) is 0 Å². The number of rotatable bonds is 3. The summed E-state index contributed by atoms with van der Waals surface area (Å²) in [6, 6.07) is 6.79. The van der Waals surface area contributed by atoms with Gasteiger partial charge in [0.15, 0.2) is 0 Å². The number of phenols is 1. The SMILES string of the molecule is CC(=NNC(=O)C1CC1)c1cccc(O)c1. The lowest BCUT2D eigenvalue weighted by Gasteiger charge is -2.02. The van der Waals surface area contributed by atoms with Gasteiger partial charge in [0.05, 0.1) is 5.71 Å². The van der Waals surface area contributed by atoms with Crippen LogP contribution in [0.25, 0.3) is 0 Å². The summed E-state index contributed by atoms with van der Waals surface area (Å²) in [5.41, 5.74) is 4.02. The van der Waals surface area contributed by atoms with Crippen LogP contribution in [0.3, 0.4) is 0 Å². The zero-order chi connectivity index (χ0) is 11.5. The molecule has 0 aliphatic heterocycles. The van der Waals surface area contributed by atoms with Crippen molar-refractivity contribution in [1.29, 1.82) is 0 Å². The molecular weight excluding hydrogens is 204 g/mol. The molecule has 0 bridgehead atoms. The van der Waals surface area contributed by atoms with Crippen molar-refractivity contribution in [1.82, 2.24) is 5.43 Å². The maximum atomic E-state index is 11.3. The van der Waals surface area contributed by atoms with E-state index in [-0.39, 0.29) is 17.6 Å². The standard InChI is InChI=1S/C12H14N2O2/c1-8(10-3-2-4-11(15)7-10)13-14-12(16)9-5-6-9/h2-4,7,9,15H,5-6H2,1H3,(H,14,16). The van der Waals surface area contributed by atoms with Gasteiger partial charge in [-0.05, 0) is 31.9 Å². The topological polar surface area (TPSA) is 61.7 Å². The molecule has 0 spiro atoms. The van der Waals surface area contributed by atoms with E-state index in [4.69, 9.17) is 0 Å². The predicted octanol–water partition coefficient (Wildman–Crippen LogP) is 1.64. The van der Waals surface area contributed by atoms with Crippen LogP contribution >= 0.6 is 0 Å². The van der Waals surface area contributed by atoms with Gasteiger partial charge in [-0.15, -0.1) is 0 Å². The molecule has 0 atom stereocenters. The summed E-state index contributed by atoms with van der Waals surface area (Å²) in [5, 5.41) is 13.3. The first-order chi connectivity index (χ1) is 7.66. The zero-order valence-corrected chi connectivity index (χ0v) is 9.10. The summed E-state index contributed by atoms with van der Waals surface area (Å²) in [5.74, 6) is 0.334. The first kappa shape index (κ1) is 10.7. The van der Waals surface area contributed by atoms with Crippen LogP contribution in [0.2, 0.25) is 0 Å². The van der Waals surface area contributed by atoms with Gasteiger partial charge in [0.1, 0.15) is 5.75 Å². The number of hydrogen-bond acceptors (Lipinski definition) is 3. The minimum absolute atomic E-state index is 0.0143. The molecule has 1 aromatic carbocycles. The molecule has 4 heteroatoms.